The monoisotopic (exact) mass is 317 g/mol. The highest BCUT2D eigenvalue weighted by Crippen LogP contribution is 2.23. The first kappa shape index (κ1) is 16.1. The minimum atomic E-state index is -3.00. The van der Waals surface area contributed by atoms with Gasteiger partial charge in [-0.2, -0.15) is 0 Å². The lowest BCUT2D eigenvalue weighted by atomic mass is 10.1. The molecule has 1 aliphatic carbocycles. The number of carbonyl (C=O) groups is 2. The van der Waals surface area contributed by atoms with Crippen molar-refractivity contribution in [2.75, 3.05) is 24.6 Å². The van der Waals surface area contributed by atoms with Crippen LogP contribution in [0, 0.1) is 5.92 Å². The van der Waals surface area contributed by atoms with E-state index in [-0.39, 0.29) is 36.0 Å². The number of hydrogen-bond acceptors (Lipinski definition) is 4. The third kappa shape index (κ3) is 5.53. The van der Waals surface area contributed by atoms with Gasteiger partial charge in [-0.05, 0) is 25.2 Å². The number of rotatable bonds is 5. The molecule has 1 heterocycles. The molecule has 0 radical (unpaired) electrons. The Bertz CT molecular complexity index is 486. The van der Waals surface area contributed by atoms with Gasteiger partial charge in [0.05, 0.1) is 18.1 Å². The lowest BCUT2D eigenvalue weighted by molar-refractivity contribution is -0.120. The zero-order chi connectivity index (χ0) is 15.3. The van der Waals surface area contributed by atoms with Crippen LogP contribution in [0.2, 0.25) is 0 Å². The fraction of sp³-hybridized carbons (Fsp3) is 0.846. The SMILES string of the molecule is O=C(CNC(=O)NCC1CCCC1)NC1CCS(=O)(=O)C1. The molecular formula is C13H23N3O4S. The molecule has 0 bridgehead atoms. The Morgan fingerprint density at radius 2 is 1.76 bits per heavy atom. The van der Waals surface area contributed by atoms with E-state index >= 15 is 0 Å². The maximum Gasteiger partial charge on any atom is 0.315 e. The third-order valence-corrected chi connectivity index (χ3v) is 5.80. The molecule has 2 aliphatic rings. The van der Waals surface area contributed by atoms with Gasteiger partial charge in [0.15, 0.2) is 9.84 Å². The van der Waals surface area contributed by atoms with Crippen LogP contribution in [0.4, 0.5) is 4.79 Å². The molecule has 0 spiro atoms. The standard InChI is InChI=1S/C13H23N3O4S/c17-12(16-11-5-6-21(19,20)9-11)8-15-13(18)14-7-10-3-1-2-4-10/h10-11H,1-9H2,(H,16,17)(H2,14,15,18). The van der Waals surface area contributed by atoms with Crippen LogP contribution < -0.4 is 16.0 Å². The van der Waals surface area contributed by atoms with Gasteiger partial charge in [0, 0.05) is 12.6 Å². The zero-order valence-electron chi connectivity index (χ0n) is 12.1. The minimum Gasteiger partial charge on any atom is -0.351 e. The van der Waals surface area contributed by atoms with Crippen LogP contribution in [-0.2, 0) is 14.6 Å². The number of sulfone groups is 1. The molecule has 3 N–H and O–H groups in total. The Hall–Kier alpha value is -1.31. The molecule has 2 fully saturated rings. The van der Waals surface area contributed by atoms with Crippen molar-refractivity contribution in [2.24, 2.45) is 5.92 Å². The molecule has 7 nitrogen and oxygen atoms in total. The number of urea groups is 1. The van der Waals surface area contributed by atoms with Crippen LogP contribution in [0.1, 0.15) is 32.1 Å². The molecule has 3 amide bonds. The van der Waals surface area contributed by atoms with Crippen molar-refractivity contribution in [1.82, 2.24) is 16.0 Å². The molecule has 21 heavy (non-hydrogen) atoms. The van der Waals surface area contributed by atoms with Crippen LogP contribution in [0.25, 0.3) is 0 Å². The van der Waals surface area contributed by atoms with Gasteiger partial charge in [-0.15, -0.1) is 0 Å². The number of hydrogen-bond donors (Lipinski definition) is 3. The van der Waals surface area contributed by atoms with Gasteiger partial charge in [-0.1, -0.05) is 12.8 Å². The fourth-order valence-electron chi connectivity index (χ4n) is 2.86. The van der Waals surface area contributed by atoms with Crippen LogP contribution in [0.5, 0.6) is 0 Å². The highest BCUT2D eigenvalue weighted by atomic mass is 32.2. The second kappa shape index (κ2) is 7.11. The van der Waals surface area contributed by atoms with Crippen molar-refractivity contribution in [3.05, 3.63) is 0 Å². The Morgan fingerprint density at radius 3 is 2.38 bits per heavy atom. The summed E-state index contributed by atoms with van der Waals surface area (Å²) < 4.78 is 22.5. The lowest BCUT2D eigenvalue weighted by Crippen LogP contribution is -2.45. The van der Waals surface area contributed by atoms with E-state index in [0.29, 0.717) is 18.9 Å². The normalized spacial score (nSPS) is 24.7. The molecule has 8 heteroatoms. The van der Waals surface area contributed by atoms with Gasteiger partial charge in [0.1, 0.15) is 0 Å². The molecular weight excluding hydrogens is 294 g/mol. The first-order chi connectivity index (χ1) is 9.94. The maximum absolute atomic E-state index is 11.6. The maximum atomic E-state index is 11.6. The van der Waals surface area contributed by atoms with E-state index in [0.717, 1.165) is 12.8 Å². The van der Waals surface area contributed by atoms with Crippen molar-refractivity contribution < 1.29 is 18.0 Å². The van der Waals surface area contributed by atoms with Crippen LogP contribution >= 0.6 is 0 Å². The van der Waals surface area contributed by atoms with E-state index in [1.54, 1.807) is 0 Å². The van der Waals surface area contributed by atoms with Crippen LogP contribution in [-0.4, -0.2) is 51.0 Å². The van der Waals surface area contributed by atoms with Gasteiger partial charge in [0.25, 0.3) is 0 Å². The number of amides is 3. The molecule has 1 unspecified atom stereocenters. The predicted molar refractivity (Wildman–Crippen MR) is 78.6 cm³/mol. The topological polar surface area (TPSA) is 104 Å². The lowest BCUT2D eigenvalue weighted by Gasteiger charge is -2.13. The summed E-state index contributed by atoms with van der Waals surface area (Å²) in [6.45, 7) is 0.515. The quantitative estimate of drug-likeness (QED) is 0.652. The van der Waals surface area contributed by atoms with Crippen molar-refractivity contribution in [3.8, 4) is 0 Å². The van der Waals surface area contributed by atoms with Crippen molar-refractivity contribution in [1.29, 1.82) is 0 Å². The summed E-state index contributed by atoms with van der Waals surface area (Å²) in [5.41, 5.74) is 0. The molecule has 0 aromatic rings. The summed E-state index contributed by atoms with van der Waals surface area (Å²) in [6.07, 6.45) is 5.19. The molecule has 2 rings (SSSR count). The van der Waals surface area contributed by atoms with Crippen molar-refractivity contribution in [3.63, 3.8) is 0 Å². The van der Waals surface area contributed by atoms with E-state index in [9.17, 15) is 18.0 Å². The Labute approximate surface area is 125 Å². The van der Waals surface area contributed by atoms with Crippen LogP contribution in [0.3, 0.4) is 0 Å². The van der Waals surface area contributed by atoms with Gasteiger partial charge < -0.3 is 16.0 Å². The molecule has 0 aromatic heterocycles. The molecule has 120 valence electrons. The smallest absolute Gasteiger partial charge is 0.315 e. The summed E-state index contributed by atoms with van der Waals surface area (Å²) >= 11 is 0. The predicted octanol–water partition coefficient (Wildman–Crippen LogP) is -0.221. The first-order valence-corrected chi connectivity index (χ1v) is 9.28. The average molecular weight is 317 g/mol. The largest absolute Gasteiger partial charge is 0.351 e. The fourth-order valence-corrected chi connectivity index (χ4v) is 4.54. The zero-order valence-corrected chi connectivity index (χ0v) is 12.9. The summed E-state index contributed by atoms with van der Waals surface area (Å²) in [5.74, 6) is 0.307. The average Bonchev–Trinajstić information content (AvgIpc) is 3.03. The van der Waals surface area contributed by atoms with E-state index < -0.39 is 9.84 Å². The van der Waals surface area contributed by atoms with E-state index in [4.69, 9.17) is 0 Å². The molecule has 1 saturated carbocycles. The van der Waals surface area contributed by atoms with Gasteiger partial charge in [0.2, 0.25) is 5.91 Å². The highest BCUT2D eigenvalue weighted by molar-refractivity contribution is 7.91. The second-order valence-corrected chi connectivity index (χ2v) is 8.11. The second-order valence-electron chi connectivity index (χ2n) is 5.88. The van der Waals surface area contributed by atoms with Crippen LogP contribution in [0.15, 0.2) is 0 Å². The Balaban J connectivity index is 1.58. The van der Waals surface area contributed by atoms with Gasteiger partial charge in [-0.25, -0.2) is 13.2 Å². The van der Waals surface area contributed by atoms with Gasteiger partial charge >= 0.3 is 6.03 Å². The van der Waals surface area contributed by atoms with E-state index in [1.165, 1.54) is 12.8 Å². The summed E-state index contributed by atoms with van der Waals surface area (Å²) in [5, 5.41) is 7.88. The molecule has 1 saturated heterocycles. The highest BCUT2D eigenvalue weighted by Gasteiger charge is 2.28. The molecule has 1 atom stereocenters. The van der Waals surface area contributed by atoms with E-state index in [1.807, 2.05) is 0 Å². The summed E-state index contributed by atoms with van der Waals surface area (Å²) in [4.78, 5) is 23.2. The summed E-state index contributed by atoms with van der Waals surface area (Å²) in [7, 11) is -3.00. The van der Waals surface area contributed by atoms with Crippen molar-refractivity contribution >= 4 is 21.8 Å². The van der Waals surface area contributed by atoms with Gasteiger partial charge in [-0.3, -0.25) is 4.79 Å². The minimum absolute atomic E-state index is 0.00732. The number of nitrogens with one attached hydrogen (secondary N) is 3. The van der Waals surface area contributed by atoms with Crippen molar-refractivity contribution in [2.45, 2.75) is 38.1 Å². The molecule has 0 aromatic carbocycles. The third-order valence-electron chi connectivity index (χ3n) is 4.03. The molecule has 1 aliphatic heterocycles. The van der Waals surface area contributed by atoms with E-state index in [2.05, 4.69) is 16.0 Å². The number of carbonyl (C=O) groups excluding carboxylic acids is 2. The summed E-state index contributed by atoms with van der Waals surface area (Å²) in [6, 6.07) is -0.679. The Kier molecular flexibility index (Phi) is 5.44. The first-order valence-electron chi connectivity index (χ1n) is 7.46. The Morgan fingerprint density at radius 1 is 1.05 bits per heavy atom.